The summed E-state index contributed by atoms with van der Waals surface area (Å²) in [4.78, 5) is 76.9. The van der Waals surface area contributed by atoms with Crippen LogP contribution in [0, 0.1) is 17.8 Å². The van der Waals surface area contributed by atoms with E-state index in [-0.39, 0.29) is 60.9 Å². The van der Waals surface area contributed by atoms with Crippen molar-refractivity contribution >= 4 is 45.3 Å². The minimum atomic E-state index is -3.34. The molecule has 0 spiro atoms. The Morgan fingerprint density at radius 1 is 0.759 bits per heavy atom. The van der Waals surface area contributed by atoms with E-state index in [0.717, 1.165) is 6.26 Å². The second-order valence-corrected chi connectivity index (χ2v) is 16.9. The third-order valence-electron chi connectivity index (χ3n) is 9.05. The van der Waals surface area contributed by atoms with Crippen molar-refractivity contribution in [3.63, 3.8) is 0 Å². The molecule has 0 bridgehead atoms. The molecule has 6 atom stereocenters. The molecule has 0 radical (unpaired) electrons. The lowest BCUT2D eigenvalue weighted by atomic mass is 9.97. The summed E-state index contributed by atoms with van der Waals surface area (Å²) in [6, 6.07) is 2.44. The molecule has 306 valence electrons. The zero-order valence-corrected chi connectivity index (χ0v) is 34.2. The smallest absolute Gasteiger partial charge is 0.303 e. The van der Waals surface area contributed by atoms with Gasteiger partial charge >= 0.3 is 5.97 Å². The molecule has 1 unspecified atom stereocenters. The highest BCUT2D eigenvalue weighted by Crippen LogP contribution is 2.13. The first kappa shape index (κ1) is 48.0. The molecule has 7 N–H and O–H groups in total. The number of carboxylic acid groups (broad SMARTS) is 1. The van der Waals surface area contributed by atoms with Gasteiger partial charge in [-0.2, -0.15) is 0 Å². The van der Waals surface area contributed by atoms with E-state index in [1.165, 1.54) is 12.1 Å². The fraction of sp³-hybridized carbons (Fsp3) is 0.684. The van der Waals surface area contributed by atoms with Gasteiger partial charge in [0.25, 0.3) is 0 Å². The Kier molecular flexibility index (Phi) is 21.0. The minimum Gasteiger partial charge on any atom is -0.481 e. The monoisotopic (exact) mass is 780 g/mol. The predicted molar refractivity (Wildman–Crippen MR) is 207 cm³/mol. The molecule has 1 rings (SSSR count). The summed E-state index contributed by atoms with van der Waals surface area (Å²) in [5, 5.41) is 26.2. The SMILES string of the molecule is CCC[C@H](NC(=O)[C@@H](NC(=O)CCCC(=O)O)[C@@H](C)CC)C(=O)NC(CN[C@@H](C)C(=O)N[C@H](C(=O)NCc1ccc(S(C)(=O)=O)cc1)C(C)C)CC(C)C. The second kappa shape index (κ2) is 23.7. The summed E-state index contributed by atoms with van der Waals surface area (Å²) in [7, 11) is -3.34. The molecule has 1 aromatic rings. The largest absolute Gasteiger partial charge is 0.481 e. The molecule has 16 heteroatoms. The van der Waals surface area contributed by atoms with Crippen LogP contribution >= 0.6 is 0 Å². The third kappa shape index (κ3) is 17.9. The molecule has 0 aromatic heterocycles. The quantitative estimate of drug-likeness (QED) is 0.0767. The molecule has 0 fully saturated rings. The maximum absolute atomic E-state index is 13.6. The lowest BCUT2D eigenvalue weighted by molar-refractivity contribution is -0.137. The Hall–Kier alpha value is -4.05. The van der Waals surface area contributed by atoms with Gasteiger partial charge in [0.05, 0.1) is 10.9 Å². The Bertz CT molecular complexity index is 1500. The summed E-state index contributed by atoms with van der Waals surface area (Å²) in [6.45, 7) is 15.3. The average molecular weight is 781 g/mol. The van der Waals surface area contributed by atoms with Gasteiger partial charge in [0.1, 0.15) is 18.1 Å². The van der Waals surface area contributed by atoms with Crippen molar-refractivity contribution in [3.8, 4) is 0 Å². The van der Waals surface area contributed by atoms with Crippen LogP contribution in [-0.4, -0.2) is 92.0 Å². The molecule has 0 heterocycles. The molecule has 0 saturated heterocycles. The normalized spacial score (nSPS) is 14.9. The van der Waals surface area contributed by atoms with Gasteiger partial charge < -0.3 is 37.0 Å². The van der Waals surface area contributed by atoms with Gasteiger partial charge in [-0.3, -0.25) is 28.8 Å². The molecular formula is C38H64N6O9S. The fourth-order valence-electron chi connectivity index (χ4n) is 5.61. The van der Waals surface area contributed by atoms with E-state index in [2.05, 4.69) is 31.9 Å². The Morgan fingerprint density at radius 2 is 1.39 bits per heavy atom. The van der Waals surface area contributed by atoms with Gasteiger partial charge in [0.15, 0.2) is 9.84 Å². The van der Waals surface area contributed by atoms with Crippen LogP contribution in [0.25, 0.3) is 0 Å². The summed E-state index contributed by atoms with van der Waals surface area (Å²) in [5.41, 5.74) is 0.700. The van der Waals surface area contributed by atoms with Crippen molar-refractivity contribution in [2.45, 2.75) is 142 Å². The standard InChI is InChI=1S/C38H64N6O9S/c1-10-13-30(42-38(51)34(25(7)11-2)43-31(45)14-12-15-32(46)47)36(49)41-28(20-23(3)4)22-39-26(8)35(48)44-33(24(5)6)37(50)40-21-27-16-18-29(19-17-27)54(9,52)53/h16-19,23-26,28,30,33-34,39H,10-15,20-22H2,1-9H3,(H,40,50)(H,41,49)(H,42,51)(H,43,45)(H,44,48)(H,46,47)/t25-,26-,28?,30-,33-,34-/m0/s1. The van der Waals surface area contributed by atoms with Gasteiger partial charge in [-0.1, -0.05) is 73.4 Å². The third-order valence-corrected chi connectivity index (χ3v) is 10.2. The number of hydrogen-bond acceptors (Lipinski definition) is 9. The van der Waals surface area contributed by atoms with Crippen LogP contribution in [0.3, 0.4) is 0 Å². The molecule has 1 aromatic carbocycles. The van der Waals surface area contributed by atoms with Crippen molar-refractivity contribution in [2.24, 2.45) is 17.8 Å². The Balaban J connectivity index is 2.91. The fourth-order valence-corrected chi connectivity index (χ4v) is 6.24. The van der Waals surface area contributed by atoms with Crippen LogP contribution in [-0.2, 0) is 45.1 Å². The van der Waals surface area contributed by atoms with Crippen LogP contribution in [0.1, 0.15) is 106 Å². The number of rotatable bonds is 25. The number of nitrogens with one attached hydrogen (secondary N) is 6. The molecule has 15 nitrogen and oxygen atoms in total. The van der Waals surface area contributed by atoms with E-state index >= 15 is 0 Å². The highest BCUT2D eigenvalue weighted by molar-refractivity contribution is 7.90. The van der Waals surface area contributed by atoms with Gasteiger partial charge in [0, 0.05) is 38.2 Å². The maximum atomic E-state index is 13.6. The summed E-state index contributed by atoms with van der Waals surface area (Å²) < 4.78 is 23.5. The van der Waals surface area contributed by atoms with Gasteiger partial charge in [-0.15, -0.1) is 0 Å². The highest BCUT2D eigenvalue weighted by Gasteiger charge is 2.31. The van der Waals surface area contributed by atoms with E-state index in [1.807, 2.05) is 48.5 Å². The molecule has 54 heavy (non-hydrogen) atoms. The van der Waals surface area contributed by atoms with Crippen molar-refractivity contribution in [1.29, 1.82) is 0 Å². The van der Waals surface area contributed by atoms with Crippen LogP contribution in [0.4, 0.5) is 0 Å². The van der Waals surface area contributed by atoms with Crippen molar-refractivity contribution in [2.75, 3.05) is 12.8 Å². The number of hydrogen-bond donors (Lipinski definition) is 7. The summed E-state index contributed by atoms with van der Waals surface area (Å²) >= 11 is 0. The topological polar surface area (TPSA) is 229 Å². The predicted octanol–water partition coefficient (Wildman–Crippen LogP) is 2.43. The summed E-state index contributed by atoms with van der Waals surface area (Å²) in [6.07, 6.45) is 3.16. The molecular weight excluding hydrogens is 717 g/mol. The summed E-state index contributed by atoms with van der Waals surface area (Å²) in [5.74, 6) is -3.43. The van der Waals surface area contributed by atoms with Crippen LogP contribution < -0.4 is 31.9 Å². The maximum Gasteiger partial charge on any atom is 0.303 e. The molecule has 5 amide bonds. The van der Waals surface area contributed by atoms with E-state index in [0.29, 0.717) is 31.2 Å². The highest BCUT2D eigenvalue weighted by atomic mass is 32.2. The van der Waals surface area contributed by atoms with Crippen molar-refractivity contribution < 1.29 is 42.3 Å². The first-order valence-corrected chi connectivity index (χ1v) is 20.8. The van der Waals surface area contributed by atoms with Gasteiger partial charge in [-0.05, 0) is 61.6 Å². The van der Waals surface area contributed by atoms with Crippen molar-refractivity contribution in [3.05, 3.63) is 29.8 Å². The number of sulfone groups is 1. The average Bonchev–Trinajstić information content (AvgIpc) is 3.09. The van der Waals surface area contributed by atoms with Crippen LogP contribution in [0.2, 0.25) is 0 Å². The lowest BCUT2D eigenvalue weighted by Gasteiger charge is -2.29. The van der Waals surface area contributed by atoms with Crippen LogP contribution in [0.5, 0.6) is 0 Å². The minimum absolute atomic E-state index is 0.0393. The van der Waals surface area contributed by atoms with Gasteiger partial charge in [0.2, 0.25) is 29.5 Å². The zero-order valence-electron chi connectivity index (χ0n) is 33.4. The van der Waals surface area contributed by atoms with E-state index in [1.54, 1.807) is 19.1 Å². The van der Waals surface area contributed by atoms with Gasteiger partial charge in [-0.25, -0.2) is 8.42 Å². The van der Waals surface area contributed by atoms with Crippen molar-refractivity contribution in [1.82, 2.24) is 31.9 Å². The van der Waals surface area contributed by atoms with E-state index in [4.69, 9.17) is 5.11 Å². The second-order valence-electron chi connectivity index (χ2n) is 14.9. The van der Waals surface area contributed by atoms with E-state index < -0.39 is 69.6 Å². The Morgan fingerprint density at radius 3 is 1.91 bits per heavy atom. The number of aliphatic carboxylic acids is 1. The number of amides is 5. The zero-order chi connectivity index (χ0) is 41.2. The van der Waals surface area contributed by atoms with E-state index in [9.17, 15) is 37.2 Å². The molecule has 0 saturated carbocycles. The number of benzene rings is 1. The number of carboxylic acids is 1. The first-order valence-electron chi connectivity index (χ1n) is 18.9. The number of carbonyl (C=O) groups is 6. The first-order chi connectivity index (χ1) is 25.2. The molecule has 0 aliphatic heterocycles. The molecule has 0 aliphatic rings. The number of carbonyl (C=O) groups excluding carboxylic acids is 5. The lowest BCUT2D eigenvalue weighted by Crippen LogP contribution is -2.58. The Labute approximate surface area is 321 Å². The molecule has 0 aliphatic carbocycles. The van der Waals surface area contributed by atoms with Crippen LogP contribution in [0.15, 0.2) is 29.2 Å².